The zero-order valence-electron chi connectivity index (χ0n) is 14.2. The molecule has 0 saturated carbocycles. The lowest BCUT2D eigenvalue weighted by molar-refractivity contribution is -0.856. The van der Waals surface area contributed by atoms with Crippen molar-refractivity contribution in [3.05, 3.63) is 45.8 Å². The fourth-order valence-corrected chi connectivity index (χ4v) is 1.97. The Hall–Kier alpha value is -2.94. The topological polar surface area (TPSA) is 120 Å². The molecule has 9 heteroatoms. The van der Waals surface area contributed by atoms with Crippen LogP contribution in [-0.4, -0.2) is 35.3 Å². The van der Waals surface area contributed by atoms with Crippen LogP contribution in [0.15, 0.2) is 51.0 Å². The van der Waals surface area contributed by atoms with Gasteiger partial charge in [0, 0.05) is 19.0 Å². The van der Waals surface area contributed by atoms with Gasteiger partial charge >= 0.3 is 0 Å². The first kappa shape index (κ1) is 19.1. The molecule has 0 atom stereocenters. The Morgan fingerprint density at radius 1 is 1.21 bits per heavy atom. The summed E-state index contributed by atoms with van der Waals surface area (Å²) in [5, 5.41) is 32.4. The molecule has 1 heterocycles. The Labute approximate surface area is 139 Å². The van der Waals surface area contributed by atoms with Gasteiger partial charge < -0.3 is 9.90 Å². The highest BCUT2D eigenvalue weighted by Gasteiger charge is 2.31. The SMILES string of the molecule is CC(=O)[O-].CC1=N[N+](C)(C)C(C)=C1N=Nc1ccccc1[N+](=O)[O-]. The van der Waals surface area contributed by atoms with Crippen molar-refractivity contribution in [3.8, 4) is 0 Å². The second-order valence-corrected chi connectivity index (χ2v) is 5.45. The molecule has 0 N–H and O–H groups in total. The maximum atomic E-state index is 10.9. The van der Waals surface area contributed by atoms with E-state index in [2.05, 4.69) is 15.3 Å². The van der Waals surface area contributed by atoms with Crippen molar-refractivity contribution in [2.24, 2.45) is 15.3 Å². The van der Waals surface area contributed by atoms with E-state index in [1.165, 1.54) is 6.07 Å². The number of para-hydroxylation sites is 1. The molecule has 1 aliphatic heterocycles. The maximum Gasteiger partial charge on any atom is 0.296 e. The van der Waals surface area contributed by atoms with Crippen molar-refractivity contribution in [3.63, 3.8) is 0 Å². The summed E-state index contributed by atoms with van der Waals surface area (Å²) in [6.07, 6.45) is 0. The number of carbonyl (C=O) groups is 1. The van der Waals surface area contributed by atoms with Gasteiger partial charge in [0.05, 0.1) is 19.0 Å². The number of quaternary nitrogens is 1. The first-order chi connectivity index (χ1) is 11.1. The van der Waals surface area contributed by atoms with Gasteiger partial charge in [0.15, 0.2) is 17.1 Å². The lowest BCUT2D eigenvalue weighted by atomic mass is 10.2. The fourth-order valence-electron chi connectivity index (χ4n) is 1.97. The van der Waals surface area contributed by atoms with Crippen molar-refractivity contribution < 1.29 is 19.4 Å². The molecule has 0 spiro atoms. The maximum absolute atomic E-state index is 10.9. The Morgan fingerprint density at radius 3 is 2.21 bits per heavy atom. The third kappa shape index (κ3) is 4.78. The lowest BCUT2D eigenvalue weighted by Crippen LogP contribution is -2.28. The van der Waals surface area contributed by atoms with Crippen LogP contribution >= 0.6 is 0 Å². The van der Waals surface area contributed by atoms with Crippen molar-refractivity contribution in [1.82, 2.24) is 0 Å². The molecular formula is C15H19N5O4. The van der Waals surface area contributed by atoms with Crippen molar-refractivity contribution in [1.29, 1.82) is 0 Å². The summed E-state index contributed by atoms with van der Waals surface area (Å²) in [5.74, 6) is -1.08. The monoisotopic (exact) mass is 333 g/mol. The molecule has 1 aromatic rings. The third-order valence-electron chi connectivity index (χ3n) is 3.24. The number of allylic oxidation sites excluding steroid dienone is 2. The molecule has 1 aliphatic rings. The number of azo groups is 1. The standard InChI is InChI=1S/C13H16N5O2.C2H4O2/c1-9-13(10(2)18(3,4)16-9)15-14-11-7-5-6-8-12(11)17(19)20;1-2(3)4/h5-8H,1-4H3;1H3,(H,3,4)/q+1;/p-1. The number of carboxylic acid groups (broad SMARTS) is 1. The van der Waals surface area contributed by atoms with Crippen molar-refractivity contribution >= 4 is 23.1 Å². The van der Waals surface area contributed by atoms with Crippen LogP contribution in [0.3, 0.4) is 0 Å². The predicted molar refractivity (Wildman–Crippen MR) is 86.2 cm³/mol. The second-order valence-electron chi connectivity index (χ2n) is 5.45. The number of rotatable bonds is 3. The normalized spacial score (nSPS) is 15.8. The van der Waals surface area contributed by atoms with E-state index in [0.717, 1.165) is 18.3 Å². The molecule has 0 amide bonds. The molecule has 0 aliphatic carbocycles. The van der Waals surface area contributed by atoms with E-state index < -0.39 is 10.9 Å². The number of hydrogen-bond acceptors (Lipinski definition) is 7. The molecule has 0 aromatic heterocycles. The summed E-state index contributed by atoms with van der Waals surface area (Å²) in [6, 6.07) is 6.27. The minimum absolute atomic E-state index is 0.0594. The van der Waals surface area contributed by atoms with Gasteiger partial charge in [-0.3, -0.25) is 10.1 Å². The number of hydrogen-bond donors (Lipinski definition) is 0. The Morgan fingerprint density at radius 2 is 1.75 bits per heavy atom. The average Bonchev–Trinajstić information content (AvgIpc) is 2.65. The number of carboxylic acids is 1. The zero-order chi connectivity index (χ0) is 18.5. The van der Waals surface area contributed by atoms with Crippen LogP contribution in [0.25, 0.3) is 0 Å². The van der Waals surface area contributed by atoms with E-state index in [9.17, 15) is 10.1 Å². The molecule has 24 heavy (non-hydrogen) atoms. The molecule has 0 bridgehead atoms. The third-order valence-corrected chi connectivity index (χ3v) is 3.24. The summed E-state index contributed by atoms with van der Waals surface area (Å²) in [7, 11) is 3.87. The molecule has 0 saturated heterocycles. The lowest BCUT2D eigenvalue weighted by Gasteiger charge is -2.17. The minimum Gasteiger partial charge on any atom is -0.550 e. The van der Waals surface area contributed by atoms with Gasteiger partial charge in [-0.15, -0.1) is 10.2 Å². The van der Waals surface area contributed by atoms with Crippen LogP contribution < -0.4 is 5.11 Å². The van der Waals surface area contributed by atoms with E-state index in [1.54, 1.807) is 18.2 Å². The summed E-state index contributed by atoms with van der Waals surface area (Å²) < 4.78 is 0.372. The Balaban J connectivity index is 0.000000648. The molecule has 0 unspecified atom stereocenters. The van der Waals surface area contributed by atoms with E-state index in [0.29, 0.717) is 10.3 Å². The van der Waals surface area contributed by atoms with Crippen LogP contribution in [0.4, 0.5) is 11.4 Å². The summed E-state index contributed by atoms with van der Waals surface area (Å²) >= 11 is 0. The van der Waals surface area contributed by atoms with Gasteiger partial charge in [0.25, 0.3) is 5.69 Å². The van der Waals surface area contributed by atoms with E-state index in [4.69, 9.17) is 9.90 Å². The average molecular weight is 333 g/mol. The summed E-state index contributed by atoms with van der Waals surface area (Å²) in [5.41, 5.74) is 2.58. The molecule has 1 aromatic carbocycles. The number of nitrogens with zero attached hydrogens (tertiary/aromatic N) is 5. The first-order valence-electron chi connectivity index (χ1n) is 7.01. The number of aliphatic carboxylic acids is 1. The van der Waals surface area contributed by atoms with Crippen molar-refractivity contribution in [2.45, 2.75) is 20.8 Å². The van der Waals surface area contributed by atoms with Crippen LogP contribution in [-0.2, 0) is 4.79 Å². The van der Waals surface area contributed by atoms with Gasteiger partial charge in [0.2, 0.25) is 0 Å². The molecular weight excluding hydrogens is 314 g/mol. The highest BCUT2D eigenvalue weighted by atomic mass is 16.6. The van der Waals surface area contributed by atoms with Gasteiger partial charge in [-0.2, -0.15) is 4.59 Å². The number of benzene rings is 1. The van der Waals surface area contributed by atoms with Crippen LogP contribution in [0.1, 0.15) is 20.8 Å². The van der Waals surface area contributed by atoms with E-state index >= 15 is 0 Å². The van der Waals surface area contributed by atoms with Crippen LogP contribution in [0.2, 0.25) is 0 Å². The molecule has 2 rings (SSSR count). The molecule has 128 valence electrons. The highest BCUT2D eigenvalue weighted by molar-refractivity contribution is 5.98. The number of nitro groups is 1. The second kappa shape index (κ2) is 7.55. The highest BCUT2D eigenvalue weighted by Crippen LogP contribution is 2.30. The van der Waals surface area contributed by atoms with Gasteiger partial charge in [-0.1, -0.05) is 17.2 Å². The summed E-state index contributed by atoms with van der Waals surface area (Å²) in [6.45, 7) is 4.75. The molecule has 0 fully saturated rings. The van der Waals surface area contributed by atoms with Crippen LogP contribution in [0, 0.1) is 10.1 Å². The van der Waals surface area contributed by atoms with Gasteiger partial charge in [0.1, 0.15) is 5.71 Å². The van der Waals surface area contributed by atoms with Gasteiger partial charge in [-0.25, -0.2) is 0 Å². The van der Waals surface area contributed by atoms with E-state index in [1.807, 2.05) is 27.9 Å². The number of carbonyl (C=O) groups excluding carboxylic acids is 1. The summed E-state index contributed by atoms with van der Waals surface area (Å²) in [4.78, 5) is 19.3. The molecule has 9 nitrogen and oxygen atoms in total. The molecule has 0 radical (unpaired) electrons. The van der Waals surface area contributed by atoms with E-state index in [-0.39, 0.29) is 11.4 Å². The minimum atomic E-state index is -1.08. The first-order valence-corrected chi connectivity index (χ1v) is 7.01. The van der Waals surface area contributed by atoms with Crippen molar-refractivity contribution in [2.75, 3.05) is 14.1 Å². The fraction of sp³-hybridized carbons (Fsp3) is 0.333. The Bertz CT molecular complexity index is 746. The predicted octanol–water partition coefficient (Wildman–Crippen LogP) is 2.13. The van der Waals surface area contributed by atoms with Crippen LogP contribution in [0.5, 0.6) is 0 Å². The quantitative estimate of drug-likeness (QED) is 0.364. The largest absolute Gasteiger partial charge is 0.550 e. The van der Waals surface area contributed by atoms with Gasteiger partial charge in [-0.05, 0) is 19.9 Å². The Kier molecular flexibility index (Phi) is 6.01. The number of nitro benzene ring substituents is 1. The zero-order valence-corrected chi connectivity index (χ0v) is 14.2. The smallest absolute Gasteiger partial charge is 0.296 e.